The van der Waals surface area contributed by atoms with Gasteiger partial charge in [0.2, 0.25) is 0 Å². The molecule has 0 saturated carbocycles. The number of thiophene rings is 1. The highest BCUT2D eigenvalue weighted by molar-refractivity contribution is 7.14. The fourth-order valence-corrected chi connectivity index (χ4v) is 7.85. The van der Waals surface area contributed by atoms with Gasteiger partial charge in [-0.25, -0.2) is 0 Å². The van der Waals surface area contributed by atoms with Crippen molar-refractivity contribution in [2.75, 3.05) is 0 Å². The molecule has 0 amide bonds. The Hall–Kier alpha value is -2.82. The smallest absolute Gasteiger partial charge is 0.130 e. The van der Waals surface area contributed by atoms with Crippen LogP contribution < -0.4 is 5.73 Å². The summed E-state index contributed by atoms with van der Waals surface area (Å²) in [5.74, 6) is 0. The first kappa shape index (κ1) is 35.0. The number of hydrogen-bond acceptors (Lipinski definition) is 4. The lowest BCUT2D eigenvalue weighted by Crippen LogP contribution is -2.32. The highest BCUT2D eigenvalue weighted by Crippen LogP contribution is 2.53. The Bertz CT molecular complexity index is 1540. The molecule has 3 nitrogen and oxygen atoms in total. The number of aldehydes is 1. The van der Waals surface area contributed by atoms with Crippen molar-refractivity contribution in [3.63, 3.8) is 0 Å². The number of carbonyl (C=O) groups is 1. The highest BCUT2D eigenvalue weighted by Gasteiger charge is 2.40. The predicted molar refractivity (Wildman–Crippen MR) is 197 cm³/mol. The van der Waals surface area contributed by atoms with E-state index in [1.807, 2.05) is 20.1 Å². The summed E-state index contributed by atoms with van der Waals surface area (Å²) in [6.45, 7) is 17.5. The lowest BCUT2D eigenvalue weighted by molar-refractivity contribution is -0.111. The van der Waals surface area contributed by atoms with Gasteiger partial charge in [-0.15, -0.1) is 11.3 Å². The third-order valence-electron chi connectivity index (χ3n) is 10.1. The van der Waals surface area contributed by atoms with Crippen LogP contribution in [0, 0.1) is 0 Å². The van der Waals surface area contributed by atoms with Crippen LogP contribution in [0.5, 0.6) is 0 Å². The van der Waals surface area contributed by atoms with Crippen molar-refractivity contribution in [2.45, 2.75) is 136 Å². The van der Waals surface area contributed by atoms with Crippen molar-refractivity contribution < 1.29 is 4.79 Å². The Morgan fingerprint density at radius 2 is 1.64 bits per heavy atom. The molecule has 2 unspecified atom stereocenters. The minimum absolute atomic E-state index is 0.0809. The molecule has 2 atom stereocenters. The third kappa shape index (κ3) is 7.60. The molecule has 0 radical (unpaired) electrons. The average molecular weight is 625 g/mol. The van der Waals surface area contributed by atoms with Crippen molar-refractivity contribution in [3.05, 3.63) is 86.1 Å². The lowest BCUT2D eigenvalue weighted by Gasteiger charge is -2.30. The number of nitrogens with two attached hydrogens (primary N) is 1. The summed E-state index contributed by atoms with van der Waals surface area (Å²) in [6, 6.07) is 15.9. The molecule has 3 aromatic rings. The normalized spacial score (nSPS) is 17.8. The first-order chi connectivity index (χ1) is 21.4. The lowest BCUT2D eigenvalue weighted by atomic mass is 9.74. The van der Waals surface area contributed by atoms with Gasteiger partial charge in [-0.2, -0.15) is 0 Å². The summed E-state index contributed by atoms with van der Waals surface area (Å²) in [5, 5.41) is 0. The van der Waals surface area contributed by atoms with E-state index in [0.717, 1.165) is 60.3 Å². The molecule has 1 aliphatic rings. The minimum Gasteiger partial charge on any atom is -0.322 e. The van der Waals surface area contributed by atoms with E-state index in [0.29, 0.717) is 0 Å². The first-order valence-corrected chi connectivity index (χ1v) is 18.2. The zero-order valence-electron chi connectivity index (χ0n) is 29.2. The molecular formula is C41H56N2OS. The standard InChI is InChI=1S/C41H56N2OS/c1-9-13-15-16-22-40(7)36-25-31(41(8,42)12-4)18-20-34(36)35-21-19-32(26-37(35)40)43-27-33-24-30(23-29(11-3)17-14-10-2)38(45-33)39(5,6)28-44/h17-21,24-28H,9-16,22-23,42H2,1-8H3/b29-17+,43-27?. The van der Waals surface area contributed by atoms with Crippen LogP contribution in [0.25, 0.3) is 11.1 Å². The number of aliphatic imine (C=N–C) groups is 1. The summed E-state index contributed by atoms with van der Waals surface area (Å²) in [5.41, 5.74) is 16.1. The van der Waals surface area contributed by atoms with Crippen molar-refractivity contribution >= 4 is 29.5 Å². The van der Waals surface area contributed by atoms with E-state index in [9.17, 15) is 4.79 Å². The number of benzene rings is 2. The van der Waals surface area contributed by atoms with Gasteiger partial charge in [-0.3, -0.25) is 4.99 Å². The van der Waals surface area contributed by atoms with E-state index in [-0.39, 0.29) is 11.0 Å². The summed E-state index contributed by atoms with van der Waals surface area (Å²) in [7, 11) is 0. The molecule has 4 heteroatoms. The fourth-order valence-electron chi connectivity index (χ4n) is 6.74. The predicted octanol–water partition coefficient (Wildman–Crippen LogP) is 11.5. The van der Waals surface area contributed by atoms with E-state index in [1.165, 1.54) is 64.6 Å². The van der Waals surface area contributed by atoms with Crippen LogP contribution in [0.2, 0.25) is 0 Å². The molecule has 4 rings (SSSR count). The van der Waals surface area contributed by atoms with E-state index < -0.39 is 5.41 Å². The van der Waals surface area contributed by atoms with Gasteiger partial charge in [-0.1, -0.05) is 103 Å². The van der Waals surface area contributed by atoms with Crippen molar-refractivity contribution in [1.29, 1.82) is 0 Å². The Kier molecular flexibility index (Phi) is 11.5. The van der Waals surface area contributed by atoms with E-state index >= 15 is 0 Å². The molecule has 0 saturated heterocycles. The zero-order valence-corrected chi connectivity index (χ0v) is 30.0. The van der Waals surface area contributed by atoms with E-state index in [1.54, 1.807) is 11.3 Å². The quantitative estimate of drug-likeness (QED) is 0.0746. The molecule has 1 aliphatic carbocycles. The van der Waals surface area contributed by atoms with E-state index in [2.05, 4.69) is 90.1 Å². The number of hydrogen-bond donors (Lipinski definition) is 1. The number of nitrogens with zero attached hydrogens (tertiary/aromatic N) is 1. The molecule has 2 aromatic carbocycles. The number of rotatable bonds is 16. The number of carbonyl (C=O) groups excluding carboxylic acids is 1. The molecule has 0 bridgehead atoms. The molecule has 2 N–H and O–H groups in total. The molecule has 1 aromatic heterocycles. The molecule has 242 valence electrons. The van der Waals surface area contributed by atoms with Gasteiger partial charge < -0.3 is 10.5 Å². The van der Waals surface area contributed by atoms with Gasteiger partial charge in [0.15, 0.2) is 0 Å². The maximum atomic E-state index is 12.1. The van der Waals surface area contributed by atoms with Crippen LogP contribution in [-0.4, -0.2) is 12.5 Å². The Morgan fingerprint density at radius 3 is 2.29 bits per heavy atom. The minimum atomic E-state index is -0.523. The number of allylic oxidation sites excluding steroid dienone is 2. The van der Waals surface area contributed by atoms with Gasteiger partial charge in [0.05, 0.1) is 11.1 Å². The maximum absolute atomic E-state index is 12.1. The first-order valence-electron chi connectivity index (χ1n) is 17.3. The topological polar surface area (TPSA) is 55.4 Å². The summed E-state index contributed by atoms with van der Waals surface area (Å²) < 4.78 is 0. The molecule has 0 fully saturated rings. The fraction of sp³-hybridized carbons (Fsp3) is 0.512. The Balaban J connectivity index is 1.72. The molecular weight excluding hydrogens is 569 g/mol. The summed E-state index contributed by atoms with van der Waals surface area (Å²) >= 11 is 1.70. The Morgan fingerprint density at radius 1 is 0.933 bits per heavy atom. The summed E-state index contributed by atoms with van der Waals surface area (Å²) in [4.78, 5) is 19.4. The van der Waals surface area contributed by atoms with Gasteiger partial charge in [0, 0.05) is 26.9 Å². The molecule has 45 heavy (non-hydrogen) atoms. The van der Waals surface area contributed by atoms with Crippen LogP contribution >= 0.6 is 11.3 Å². The largest absolute Gasteiger partial charge is 0.322 e. The third-order valence-corrected chi connectivity index (χ3v) is 11.5. The highest BCUT2D eigenvalue weighted by atomic mass is 32.1. The van der Waals surface area contributed by atoms with Crippen molar-refractivity contribution in [2.24, 2.45) is 10.7 Å². The Labute approximate surface area is 277 Å². The number of fused-ring (bicyclic) bond motifs is 3. The second kappa shape index (κ2) is 14.7. The van der Waals surface area contributed by atoms with Crippen LogP contribution in [0.1, 0.15) is 145 Å². The molecule has 1 heterocycles. The van der Waals surface area contributed by atoms with Crippen LogP contribution in [0.3, 0.4) is 0 Å². The average Bonchev–Trinajstić information content (AvgIpc) is 3.56. The summed E-state index contributed by atoms with van der Waals surface area (Å²) in [6.07, 6.45) is 16.6. The van der Waals surface area contributed by atoms with Crippen LogP contribution in [0.4, 0.5) is 5.69 Å². The van der Waals surface area contributed by atoms with Gasteiger partial charge in [-0.05, 0) is 104 Å². The zero-order chi connectivity index (χ0) is 32.8. The van der Waals surface area contributed by atoms with Gasteiger partial charge >= 0.3 is 0 Å². The van der Waals surface area contributed by atoms with Crippen molar-refractivity contribution in [3.8, 4) is 11.1 Å². The molecule has 0 aliphatic heterocycles. The second-order valence-corrected chi connectivity index (χ2v) is 15.3. The van der Waals surface area contributed by atoms with Crippen molar-refractivity contribution in [1.82, 2.24) is 0 Å². The van der Waals surface area contributed by atoms with Crippen LogP contribution in [0.15, 0.2) is 59.1 Å². The van der Waals surface area contributed by atoms with Crippen LogP contribution in [-0.2, 0) is 27.6 Å². The maximum Gasteiger partial charge on any atom is 0.130 e. The van der Waals surface area contributed by atoms with Gasteiger partial charge in [0.25, 0.3) is 0 Å². The SMILES string of the molecule is CCC/C=C(\CC)Cc1cc(C=Nc2ccc3c(c2)C(C)(CCCCCC)c2cc(C(C)(N)CC)ccc2-3)sc1C(C)(C)C=O. The number of unbranched alkanes of at least 4 members (excludes halogenated alkanes) is 4. The monoisotopic (exact) mass is 624 g/mol. The van der Waals surface area contributed by atoms with E-state index in [4.69, 9.17) is 10.7 Å². The van der Waals surface area contributed by atoms with Gasteiger partial charge in [0.1, 0.15) is 6.29 Å². The second-order valence-electron chi connectivity index (χ2n) is 14.2. The molecule has 0 spiro atoms.